The van der Waals surface area contributed by atoms with Crippen molar-refractivity contribution >= 4 is 5.91 Å². The second-order valence-corrected chi connectivity index (χ2v) is 6.10. The summed E-state index contributed by atoms with van der Waals surface area (Å²) in [5, 5.41) is 13.3. The Morgan fingerprint density at radius 1 is 1.27 bits per heavy atom. The summed E-state index contributed by atoms with van der Waals surface area (Å²) in [7, 11) is 0. The first-order valence-electron chi connectivity index (χ1n) is 8.33. The van der Waals surface area contributed by atoms with E-state index >= 15 is 0 Å². The highest BCUT2D eigenvalue weighted by Gasteiger charge is 2.31. The minimum absolute atomic E-state index is 0.0571. The van der Waals surface area contributed by atoms with Crippen molar-refractivity contribution in [2.45, 2.75) is 57.5 Å². The number of nitrogens with one attached hydrogen (secondary N) is 1. The molecule has 4 nitrogen and oxygen atoms in total. The van der Waals surface area contributed by atoms with Gasteiger partial charge in [0.05, 0.1) is 18.6 Å². The molecule has 1 saturated carbocycles. The number of amides is 1. The summed E-state index contributed by atoms with van der Waals surface area (Å²) in [5.74, 6) is 0.823. The SMILES string of the molecule is CCOc1ccccc1CCNC(=O)CC1(O)CCCCC1. The molecule has 0 aromatic heterocycles. The van der Waals surface area contributed by atoms with Gasteiger partial charge in [-0.15, -0.1) is 0 Å². The third-order valence-corrected chi connectivity index (χ3v) is 4.26. The summed E-state index contributed by atoms with van der Waals surface area (Å²) in [6, 6.07) is 7.90. The predicted molar refractivity (Wildman–Crippen MR) is 87.0 cm³/mol. The Bertz CT molecular complexity index is 481. The van der Waals surface area contributed by atoms with Crippen LogP contribution in [0.3, 0.4) is 0 Å². The lowest BCUT2D eigenvalue weighted by atomic mass is 9.82. The predicted octanol–water partition coefficient (Wildman–Crippen LogP) is 2.83. The van der Waals surface area contributed by atoms with Gasteiger partial charge in [-0.05, 0) is 37.8 Å². The molecule has 0 saturated heterocycles. The number of ether oxygens (including phenoxy) is 1. The van der Waals surface area contributed by atoms with E-state index in [-0.39, 0.29) is 12.3 Å². The number of hydrogen-bond donors (Lipinski definition) is 2. The Morgan fingerprint density at radius 2 is 2.00 bits per heavy atom. The molecule has 1 aromatic carbocycles. The summed E-state index contributed by atoms with van der Waals surface area (Å²) in [6.45, 7) is 3.17. The average molecular weight is 305 g/mol. The van der Waals surface area contributed by atoms with Crippen molar-refractivity contribution in [3.63, 3.8) is 0 Å². The highest BCUT2D eigenvalue weighted by molar-refractivity contribution is 5.77. The zero-order valence-corrected chi connectivity index (χ0v) is 13.4. The van der Waals surface area contributed by atoms with Crippen molar-refractivity contribution in [3.05, 3.63) is 29.8 Å². The smallest absolute Gasteiger partial charge is 0.222 e. The van der Waals surface area contributed by atoms with Gasteiger partial charge in [-0.3, -0.25) is 4.79 Å². The van der Waals surface area contributed by atoms with Gasteiger partial charge in [0.2, 0.25) is 5.91 Å². The van der Waals surface area contributed by atoms with Crippen molar-refractivity contribution in [1.29, 1.82) is 0 Å². The zero-order chi connectivity index (χ0) is 15.8. The van der Waals surface area contributed by atoms with Crippen LogP contribution < -0.4 is 10.1 Å². The van der Waals surface area contributed by atoms with Crippen LogP contribution in [0.4, 0.5) is 0 Å². The normalized spacial score (nSPS) is 17.0. The van der Waals surface area contributed by atoms with Crippen LogP contribution in [-0.4, -0.2) is 29.8 Å². The monoisotopic (exact) mass is 305 g/mol. The molecule has 1 amide bonds. The molecule has 4 heteroatoms. The number of carbonyl (C=O) groups is 1. The first-order valence-corrected chi connectivity index (χ1v) is 8.33. The van der Waals surface area contributed by atoms with Crippen molar-refractivity contribution in [2.75, 3.05) is 13.2 Å². The van der Waals surface area contributed by atoms with E-state index in [1.165, 1.54) is 0 Å². The van der Waals surface area contributed by atoms with E-state index in [1.54, 1.807) is 0 Å². The average Bonchev–Trinajstić information content (AvgIpc) is 2.49. The molecule has 2 rings (SSSR count). The molecular formula is C18H27NO3. The summed E-state index contributed by atoms with van der Waals surface area (Å²) in [5.41, 5.74) is 0.312. The van der Waals surface area contributed by atoms with E-state index in [1.807, 2.05) is 31.2 Å². The fourth-order valence-corrected chi connectivity index (χ4v) is 3.09. The quantitative estimate of drug-likeness (QED) is 0.814. The van der Waals surface area contributed by atoms with Crippen LogP contribution in [0.5, 0.6) is 5.75 Å². The van der Waals surface area contributed by atoms with Crippen LogP contribution in [0.25, 0.3) is 0 Å². The fourth-order valence-electron chi connectivity index (χ4n) is 3.09. The first kappa shape index (κ1) is 16.8. The summed E-state index contributed by atoms with van der Waals surface area (Å²) >= 11 is 0. The minimum atomic E-state index is -0.786. The highest BCUT2D eigenvalue weighted by atomic mass is 16.5. The van der Waals surface area contributed by atoms with Crippen LogP contribution in [0.15, 0.2) is 24.3 Å². The lowest BCUT2D eigenvalue weighted by Crippen LogP contribution is -2.38. The standard InChI is InChI=1S/C18H27NO3/c1-2-22-16-9-5-4-8-15(16)10-13-19-17(20)14-18(21)11-6-3-7-12-18/h4-5,8-9,21H,2-3,6-7,10-14H2,1H3,(H,19,20). The van der Waals surface area contributed by atoms with E-state index in [9.17, 15) is 9.90 Å². The van der Waals surface area contributed by atoms with Gasteiger partial charge in [0.1, 0.15) is 5.75 Å². The Hall–Kier alpha value is -1.55. The van der Waals surface area contributed by atoms with Gasteiger partial charge < -0.3 is 15.2 Å². The molecule has 0 heterocycles. The van der Waals surface area contributed by atoms with E-state index in [0.717, 1.165) is 49.8 Å². The molecule has 1 fully saturated rings. The third kappa shape index (κ3) is 5.02. The summed E-state index contributed by atoms with van der Waals surface area (Å²) in [4.78, 5) is 12.0. The van der Waals surface area contributed by atoms with E-state index in [4.69, 9.17) is 4.74 Å². The van der Waals surface area contributed by atoms with Crippen LogP contribution in [-0.2, 0) is 11.2 Å². The van der Waals surface area contributed by atoms with Gasteiger partial charge in [-0.1, -0.05) is 37.5 Å². The van der Waals surface area contributed by atoms with Gasteiger partial charge in [-0.25, -0.2) is 0 Å². The van der Waals surface area contributed by atoms with Crippen molar-refractivity contribution < 1.29 is 14.6 Å². The third-order valence-electron chi connectivity index (χ3n) is 4.26. The largest absolute Gasteiger partial charge is 0.494 e. The topological polar surface area (TPSA) is 58.6 Å². The molecule has 0 spiro atoms. The maximum Gasteiger partial charge on any atom is 0.222 e. The van der Waals surface area contributed by atoms with Gasteiger partial charge in [0.25, 0.3) is 0 Å². The van der Waals surface area contributed by atoms with E-state index in [0.29, 0.717) is 13.2 Å². The van der Waals surface area contributed by atoms with E-state index < -0.39 is 5.60 Å². The molecule has 0 radical (unpaired) electrons. The number of aliphatic hydroxyl groups is 1. The second-order valence-electron chi connectivity index (χ2n) is 6.10. The summed E-state index contributed by atoms with van der Waals surface area (Å²) < 4.78 is 5.58. The Balaban J connectivity index is 1.77. The fraction of sp³-hybridized carbons (Fsp3) is 0.611. The van der Waals surface area contributed by atoms with Crippen LogP contribution in [0.1, 0.15) is 51.0 Å². The Kier molecular flexibility index (Phi) is 6.25. The molecule has 0 unspecified atom stereocenters. The number of para-hydroxylation sites is 1. The van der Waals surface area contributed by atoms with Gasteiger partial charge in [0, 0.05) is 6.54 Å². The summed E-state index contributed by atoms with van der Waals surface area (Å²) in [6.07, 6.45) is 5.65. The molecule has 2 N–H and O–H groups in total. The maximum atomic E-state index is 12.0. The van der Waals surface area contributed by atoms with Crippen LogP contribution in [0, 0.1) is 0 Å². The Labute approximate surface area is 132 Å². The van der Waals surface area contributed by atoms with Gasteiger partial charge in [0.15, 0.2) is 0 Å². The highest BCUT2D eigenvalue weighted by Crippen LogP contribution is 2.30. The Morgan fingerprint density at radius 3 is 2.73 bits per heavy atom. The lowest BCUT2D eigenvalue weighted by molar-refractivity contribution is -0.127. The molecule has 1 aromatic rings. The number of carbonyl (C=O) groups excluding carboxylic acids is 1. The van der Waals surface area contributed by atoms with Gasteiger partial charge >= 0.3 is 0 Å². The molecule has 1 aliphatic carbocycles. The first-order chi connectivity index (χ1) is 10.6. The molecule has 0 bridgehead atoms. The van der Waals surface area contributed by atoms with Crippen molar-refractivity contribution in [3.8, 4) is 5.75 Å². The molecule has 22 heavy (non-hydrogen) atoms. The maximum absolute atomic E-state index is 12.0. The minimum Gasteiger partial charge on any atom is -0.494 e. The van der Waals surface area contributed by atoms with Gasteiger partial charge in [-0.2, -0.15) is 0 Å². The number of rotatable bonds is 7. The molecule has 1 aliphatic rings. The molecule has 0 atom stereocenters. The van der Waals surface area contributed by atoms with Crippen molar-refractivity contribution in [1.82, 2.24) is 5.32 Å². The second kappa shape index (κ2) is 8.18. The zero-order valence-electron chi connectivity index (χ0n) is 13.4. The molecule has 0 aliphatic heterocycles. The number of benzene rings is 1. The van der Waals surface area contributed by atoms with Crippen LogP contribution >= 0.6 is 0 Å². The van der Waals surface area contributed by atoms with Crippen LogP contribution in [0.2, 0.25) is 0 Å². The van der Waals surface area contributed by atoms with Crippen molar-refractivity contribution in [2.24, 2.45) is 0 Å². The molecule has 122 valence electrons. The molecular weight excluding hydrogens is 278 g/mol. The lowest BCUT2D eigenvalue weighted by Gasteiger charge is -2.31. The van der Waals surface area contributed by atoms with E-state index in [2.05, 4.69) is 5.32 Å². The number of hydrogen-bond acceptors (Lipinski definition) is 3.